The number of aryl methyl sites for hydroxylation is 2. The largest absolute Gasteiger partial charge is 0.349 e. The van der Waals surface area contributed by atoms with Gasteiger partial charge in [-0.15, -0.1) is 0 Å². The van der Waals surface area contributed by atoms with Crippen molar-refractivity contribution in [2.75, 3.05) is 0 Å². The Morgan fingerprint density at radius 2 is 1.95 bits per heavy atom. The molecule has 0 atom stereocenters. The number of nitrogens with one attached hydrogen (secondary N) is 1. The number of nitriles is 1. The standard InChI is InChI=1S/C18H22N2O/c1-13-8-9-15(10-14(13)2)11-16(12-19)18(21)20-17-6-4-3-5-7-17/h8-11,17H,3-7H2,1-2H3,(H,20,21)/b16-11+. The SMILES string of the molecule is Cc1ccc(/C=C(\C#N)C(=O)NC2CCCCC2)cc1C. The quantitative estimate of drug-likeness (QED) is 0.679. The van der Waals surface area contributed by atoms with Crippen LogP contribution in [-0.2, 0) is 4.79 Å². The van der Waals surface area contributed by atoms with E-state index in [1.54, 1.807) is 6.08 Å². The number of nitrogens with zero attached hydrogens (tertiary/aromatic N) is 1. The first-order valence-corrected chi connectivity index (χ1v) is 7.60. The van der Waals surface area contributed by atoms with E-state index in [1.807, 2.05) is 38.1 Å². The number of rotatable bonds is 3. The van der Waals surface area contributed by atoms with E-state index in [0.717, 1.165) is 36.8 Å². The molecule has 1 aromatic carbocycles. The maximum Gasteiger partial charge on any atom is 0.262 e. The zero-order chi connectivity index (χ0) is 15.2. The molecule has 1 N–H and O–H groups in total. The first-order chi connectivity index (χ1) is 10.1. The van der Waals surface area contributed by atoms with Crippen LogP contribution in [0.2, 0.25) is 0 Å². The van der Waals surface area contributed by atoms with Gasteiger partial charge in [-0.05, 0) is 49.5 Å². The lowest BCUT2D eigenvalue weighted by atomic mass is 9.95. The van der Waals surface area contributed by atoms with Gasteiger partial charge in [-0.2, -0.15) is 5.26 Å². The number of hydrogen-bond acceptors (Lipinski definition) is 2. The number of benzene rings is 1. The normalized spacial score (nSPS) is 16.3. The first kappa shape index (κ1) is 15.3. The van der Waals surface area contributed by atoms with Crippen LogP contribution in [0.1, 0.15) is 48.8 Å². The van der Waals surface area contributed by atoms with E-state index in [0.29, 0.717) is 0 Å². The molecule has 0 spiro atoms. The molecule has 1 aliphatic carbocycles. The molecule has 110 valence electrons. The van der Waals surface area contributed by atoms with Crippen molar-refractivity contribution >= 4 is 12.0 Å². The van der Waals surface area contributed by atoms with Crippen molar-refractivity contribution in [3.05, 3.63) is 40.5 Å². The maximum atomic E-state index is 12.2. The van der Waals surface area contributed by atoms with Gasteiger partial charge >= 0.3 is 0 Å². The van der Waals surface area contributed by atoms with Crippen molar-refractivity contribution in [2.45, 2.75) is 52.0 Å². The Balaban J connectivity index is 2.10. The Hall–Kier alpha value is -2.08. The third-order valence-electron chi connectivity index (χ3n) is 4.15. The molecule has 1 saturated carbocycles. The van der Waals surface area contributed by atoms with Gasteiger partial charge in [-0.1, -0.05) is 37.5 Å². The zero-order valence-electron chi connectivity index (χ0n) is 12.8. The fourth-order valence-electron chi connectivity index (χ4n) is 2.68. The molecule has 0 aliphatic heterocycles. The second-order valence-electron chi connectivity index (χ2n) is 5.82. The fourth-order valence-corrected chi connectivity index (χ4v) is 2.68. The minimum Gasteiger partial charge on any atom is -0.349 e. The monoisotopic (exact) mass is 282 g/mol. The van der Waals surface area contributed by atoms with Crippen LogP contribution in [0.4, 0.5) is 0 Å². The Morgan fingerprint density at radius 1 is 1.24 bits per heavy atom. The van der Waals surface area contributed by atoms with Gasteiger partial charge in [0.15, 0.2) is 0 Å². The fraction of sp³-hybridized carbons (Fsp3) is 0.444. The van der Waals surface area contributed by atoms with Crippen LogP contribution in [0.15, 0.2) is 23.8 Å². The molecule has 0 saturated heterocycles. The molecule has 2 rings (SSSR count). The Bertz CT molecular complexity index is 590. The number of hydrogen-bond donors (Lipinski definition) is 1. The lowest BCUT2D eigenvalue weighted by Crippen LogP contribution is -2.36. The van der Waals surface area contributed by atoms with E-state index in [-0.39, 0.29) is 17.5 Å². The molecule has 0 bridgehead atoms. The van der Waals surface area contributed by atoms with Gasteiger partial charge in [0.1, 0.15) is 11.6 Å². The van der Waals surface area contributed by atoms with E-state index in [2.05, 4.69) is 5.32 Å². The van der Waals surface area contributed by atoms with Crippen molar-refractivity contribution in [1.29, 1.82) is 5.26 Å². The van der Waals surface area contributed by atoms with Crippen LogP contribution >= 0.6 is 0 Å². The zero-order valence-corrected chi connectivity index (χ0v) is 12.8. The smallest absolute Gasteiger partial charge is 0.262 e. The van der Waals surface area contributed by atoms with Gasteiger partial charge < -0.3 is 5.32 Å². The molecule has 1 amide bonds. The van der Waals surface area contributed by atoms with Gasteiger partial charge in [0.25, 0.3) is 5.91 Å². The topological polar surface area (TPSA) is 52.9 Å². The molecule has 0 heterocycles. The summed E-state index contributed by atoms with van der Waals surface area (Å²) in [5.41, 5.74) is 3.45. The summed E-state index contributed by atoms with van der Waals surface area (Å²) in [7, 11) is 0. The molecule has 0 radical (unpaired) electrons. The second-order valence-corrected chi connectivity index (χ2v) is 5.82. The average Bonchev–Trinajstić information content (AvgIpc) is 2.49. The van der Waals surface area contributed by atoms with Crippen molar-refractivity contribution in [1.82, 2.24) is 5.32 Å². The summed E-state index contributed by atoms with van der Waals surface area (Å²) in [6, 6.07) is 8.20. The summed E-state index contributed by atoms with van der Waals surface area (Å²) >= 11 is 0. The van der Waals surface area contributed by atoms with Crippen LogP contribution in [0.3, 0.4) is 0 Å². The second kappa shape index (κ2) is 7.08. The Morgan fingerprint density at radius 3 is 2.57 bits per heavy atom. The number of carbonyl (C=O) groups excluding carboxylic acids is 1. The average molecular weight is 282 g/mol. The first-order valence-electron chi connectivity index (χ1n) is 7.60. The van der Waals surface area contributed by atoms with Crippen LogP contribution in [0, 0.1) is 25.2 Å². The highest BCUT2D eigenvalue weighted by atomic mass is 16.1. The summed E-state index contributed by atoms with van der Waals surface area (Å²) in [6.07, 6.45) is 7.28. The minimum atomic E-state index is -0.248. The van der Waals surface area contributed by atoms with E-state index >= 15 is 0 Å². The lowest BCUT2D eigenvalue weighted by molar-refractivity contribution is -0.117. The van der Waals surface area contributed by atoms with E-state index in [9.17, 15) is 10.1 Å². The lowest BCUT2D eigenvalue weighted by Gasteiger charge is -2.22. The summed E-state index contributed by atoms with van der Waals surface area (Å²) in [5, 5.41) is 12.2. The third kappa shape index (κ3) is 4.19. The predicted octanol–water partition coefficient (Wildman–Crippen LogP) is 3.66. The molecule has 3 nitrogen and oxygen atoms in total. The molecule has 0 aromatic heterocycles. The van der Waals surface area contributed by atoms with E-state index in [1.165, 1.54) is 12.0 Å². The Labute approximate surface area is 126 Å². The highest BCUT2D eigenvalue weighted by molar-refractivity contribution is 6.01. The minimum absolute atomic E-state index is 0.184. The number of amides is 1. The van der Waals surface area contributed by atoms with Gasteiger partial charge in [0.05, 0.1) is 0 Å². The van der Waals surface area contributed by atoms with Crippen molar-refractivity contribution in [3.63, 3.8) is 0 Å². The summed E-state index contributed by atoms with van der Waals surface area (Å²) < 4.78 is 0. The van der Waals surface area contributed by atoms with Crippen molar-refractivity contribution < 1.29 is 4.79 Å². The molecule has 0 unspecified atom stereocenters. The third-order valence-corrected chi connectivity index (χ3v) is 4.15. The van der Waals surface area contributed by atoms with Gasteiger partial charge in [0.2, 0.25) is 0 Å². The molecule has 1 aromatic rings. The maximum absolute atomic E-state index is 12.2. The van der Waals surface area contributed by atoms with Crippen LogP contribution in [0.5, 0.6) is 0 Å². The Kier molecular flexibility index (Phi) is 5.16. The summed E-state index contributed by atoms with van der Waals surface area (Å²) in [5.74, 6) is -0.248. The summed E-state index contributed by atoms with van der Waals surface area (Å²) in [6.45, 7) is 4.07. The van der Waals surface area contributed by atoms with Gasteiger partial charge in [-0.3, -0.25) is 4.79 Å². The summed E-state index contributed by atoms with van der Waals surface area (Å²) in [4.78, 5) is 12.2. The van der Waals surface area contributed by atoms with E-state index < -0.39 is 0 Å². The molecular formula is C18H22N2O. The van der Waals surface area contributed by atoms with Gasteiger partial charge in [-0.25, -0.2) is 0 Å². The van der Waals surface area contributed by atoms with Crippen molar-refractivity contribution in [3.8, 4) is 6.07 Å². The predicted molar refractivity (Wildman–Crippen MR) is 84.5 cm³/mol. The number of carbonyl (C=O) groups is 1. The molecule has 1 aliphatic rings. The molecule has 21 heavy (non-hydrogen) atoms. The van der Waals surface area contributed by atoms with Crippen LogP contribution < -0.4 is 5.32 Å². The highest BCUT2D eigenvalue weighted by Gasteiger charge is 2.18. The van der Waals surface area contributed by atoms with Crippen LogP contribution in [0.25, 0.3) is 6.08 Å². The molecule has 1 fully saturated rings. The van der Waals surface area contributed by atoms with Gasteiger partial charge in [0, 0.05) is 6.04 Å². The van der Waals surface area contributed by atoms with Crippen LogP contribution in [-0.4, -0.2) is 11.9 Å². The highest BCUT2D eigenvalue weighted by Crippen LogP contribution is 2.18. The molecule has 3 heteroatoms. The van der Waals surface area contributed by atoms with E-state index in [4.69, 9.17) is 0 Å². The van der Waals surface area contributed by atoms with Crippen molar-refractivity contribution in [2.24, 2.45) is 0 Å². The molecular weight excluding hydrogens is 260 g/mol.